The van der Waals surface area contributed by atoms with Gasteiger partial charge in [0.2, 0.25) is 17.7 Å². The molecule has 0 radical (unpaired) electrons. The van der Waals surface area contributed by atoms with Crippen LogP contribution in [0.2, 0.25) is 0 Å². The number of hydrogen-bond donors (Lipinski definition) is 7. The number of carbonyl (C=O) groups is 5. The predicted molar refractivity (Wildman–Crippen MR) is 111 cm³/mol. The van der Waals surface area contributed by atoms with E-state index >= 15 is 0 Å². The smallest absolute Gasteiger partial charge is 0.327 e. The summed E-state index contributed by atoms with van der Waals surface area (Å²) in [5.41, 5.74) is 5.73. The lowest BCUT2D eigenvalue weighted by atomic mass is 10.1. The van der Waals surface area contributed by atoms with Gasteiger partial charge < -0.3 is 31.9 Å². The van der Waals surface area contributed by atoms with Gasteiger partial charge in [0, 0.05) is 12.2 Å². The lowest BCUT2D eigenvalue weighted by molar-refractivity contribution is -0.142. The molecule has 0 bridgehead atoms. The molecular formula is C16H28N4O7S2. The quantitative estimate of drug-likeness (QED) is 0.153. The van der Waals surface area contributed by atoms with Gasteiger partial charge in [-0.1, -0.05) is 0 Å². The molecule has 13 heteroatoms. The Bertz CT molecular complexity index is 606. The van der Waals surface area contributed by atoms with Gasteiger partial charge in [-0.25, -0.2) is 4.79 Å². The van der Waals surface area contributed by atoms with Gasteiger partial charge in [0.25, 0.3) is 0 Å². The van der Waals surface area contributed by atoms with Crippen molar-refractivity contribution in [1.82, 2.24) is 16.0 Å². The zero-order valence-corrected chi connectivity index (χ0v) is 17.9. The van der Waals surface area contributed by atoms with Gasteiger partial charge in [-0.3, -0.25) is 19.2 Å². The topological polar surface area (TPSA) is 188 Å². The lowest BCUT2D eigenvalue weighted by Gasteiger charge is -2.23. The second-order valence-electron chi connectivity index (χ2n) is 6.19. The molecule has 166 valence electrons. The van der Waals surface area contributed by atoms with Crippen LogP contribution in [0.3, 0.4) is 0 Å². The number of amides is 3. The van der Waals surface area contributed by atoms with E-state index in [1.807, 2.05) is 6.26 Å². The van der Waals surface area contributed by atoms with Gasteiger partial charge in [-0.2, -0.15) is 24.4 Å². The number of thiol groups is 1. The van der Waals surface area contributed by atoms with Crippen LogP contribution in [0.25, 0.3) is 0 Å². The van der Waals surface area contributed by atoms with Crippen molar-refractivity contribution >= 4 is 54.1 Å². The molecule has 4 atom stereocenters. The van der Waals surface area contributed by atoms with E-state index in [2.05, 4.69) is 28.6 Å². The molecule has 0 heterocycles. The predicted octanol–water partition coefficient (Wildman–Crippen LogP) is -1.58. The van der Waals surface area contributed by atoms with Crippen molar-refractivity contribution in [2.45, 2.75) is 50.4 Å². The number of carbonyl (C=O) groups excluding carboxylic acids is 3. The molecule has 29 heavy (non-hydrogen) atoms. The second-order valence-corrected chi connectivity index (χ2v) is 7.54. The normalized spacial score (nSPS) is 14.8. The van der Waals surface area contributed by atoms with E-state index in [1.165, 1.54) is 18.7 Å². The summed E-state index contributed by atoms with van der Waals surface area (Å²) >= 11 is 5.35. The molecule has 3 amide bonds. The highest BCUT2D eigenvalue weighted by Crippen LogP contribution is 2.02. The Morgan fingerprint density at radius 2 is 1.55 bits per heavy atom. The summed E-state index contributed by atoms with van der Waals surface area (Å²) in [6, 6.07) is -4.44. The van der Waals surface area contributed by atoms with Crippen molar-refractivity contribution in [3.8, 4) is 0 Å². The molecule has 11 nitrogen and oxygen atoms in total. The van der Waals surface area contributed by atoms with Crippen molar-refractivity contribution in [3.63, 3.8) is 0 Å². The van der Waals surface area contributed by atoms with Crippen LogP contribution >= 0.6 is 24.4 Å². The lowest BCUT2D eigenvalue weighted by Crippen LogP contribution is -2.56. The van der Waals surface area contributed by atoms with Crippen LogP contribution in [0.15, 0.2) is 0 Å². The third-order valence-corrected chi connectivity index (χ3v) is 4.81. The van der Waals surface area contributed by atoms with Crippen LogP contribution in [-0.4, -0.2) is 81.8 Å². The van der Waals surface area contributed by atoms with Gasteiger partial charge in [-0.05, 0) is 31.8 Å². The Morgan fingerprint density at radius 3 is 2.03 bits per heavy atom. The number of aliphatic carboxylic acids is 2. The minimum absolute atomic E-state index is 0.193. The number of nitrogens with two attached hydrogens (primary N) is 1. The molecule has 0 aromatic rings. The minimum atomic E-state index is -1.32. The van der Waals surface area contributed by atoms with E-state index < -0.39 is 60.2 Å². The fraction of sp³-hybridized carbons (Fsp3) is 0.688. The number of thioether (sulfide) groups is 1. The van der Waals surface area contributed by atoms with Crippen molar-refractivity contribution in [2.75, 3.05) is 17.8 Å². The molecule has 4 unspecified atom stereocenters. The Morgan fingerprint density at radius 1 is 0.966 bits per heavy atom. The first-order valence-corrected chi connectivity index (χ1v) is 10.8. The van der Waals surface area contributed by atoms with E-state index in [0.717, 1.165) is 0 Å². The van der Waals surface area contributed by atoms with Gasteiger partial charge in [0.05, 0.1) is 6.04 Å². The number of carboxylic acid groups (broad SMARTS) is 2. The second kappa shape index (κ2) is 14.1. The summed E-state index contributed by atoms with van der Waals surface area (Å²) in [4.78, 5) is 58.5. The third kappa shape index (κ3) is 10.9. The summed E-state index contributed by atoms with van der Waals surface area (Å²) in [6.45, 7) is 1.38. The van der Waals surface area contributed by atoms with E-state index in [4.69, 9.17) is 15.9 Å². The molecule has 0 saturated carbocycles. The van der Waals surface area contributed by atoms with Gasteiger partial charge in [-0.15, -0.1) is 0 Å². The average Bonchev–Trinajstić information content (AvgIpc) is 2.66. The molecule has 0 aromatic carbocycles. The molecule has 0 fully saturated rings. The van der Waals surface area contributed by atoms with Crippen LogP contribution in [0.4, 0.5) is 0 Å². The van der Waals surface area contributed by atoms with Gasteiger partial charge in [0.1, 0.15) is 18.1 Å². The Hall–Kier alpha value is -1.99. The maximum atomic E-state index is 12.3. The molecule has 0 aliphatic heterocycles. The molecule has 0 aromatic heterocycles. The van der Waals surface area contributed by atoms with Crippen LogP contribution in [0.1, 0.15) is 26.2 Å². The number of carboxylic acids is 2. The molecule has 0 saturated heterocycles. The van der Waals surface area contributed by atoms with Crippen molar-refractivity contribution in [2.24, 2.45) is 5.73 Å². The van der Waals surface area contributed by atoms with Crippen LogP contribution in [-0.2, 0) is 24.0 Å². The zero-order chi connectivity index (χ0) is 22.6. The standard InChI is InChI=1S/C16H28N4O7S2/c1-8(18-14(24)9(17)5-6-29-2)13(23)19-10(3-4-12(21)22)15(25)20-11(7-28)16(26)27/h8-11,28H,3-7,17H2,1-2H3,(H,18,24)(H,19,23)(H,20,25)(H,21,22)(H,26,27). The van der Waals surface area contributed by atoms with Gasteiger partial charge in [0.15, 0.2) is 0 Å². The highest BCUT2D eigenvalue weighted by molar-refractivity contribution is 7.98. The Balaban J connectivity index is 5.00. The highest BCUT2D eigenvalue weighted by Gasteiger charge is 2.28. The first kappa shape index (κ1) is 27.0. The number of hydrogen-bond acceptors (Lipinski definition) is 8. The third-order valence-electron chi connectivity index (χ3n) is 3.80. The van der Waals surface area contributed by atoms with Crippen molar-refractivity contribution in [1.29, 1.82) is 0 Å². The largest absolute Gasteiger partial charge is 0.481 e. The summed E-state index contributed by atoms with van der Waals surface area (Å²) in [7, 11) is 0. The molecule has 0 spiro atoms. The number of nitrogens with one attached hydrogen (secondary N) is 3. The van der Waals surface area contributed by atoms with Gasteiger partial charge >= 0.3 is 11.9 Å². The monoisotopic (exact) mass is 452 g/mol. The first-order chi connectivity index (χ1) is 13.5. The molecule has 7 N–H and O–H groups in total. The summed E-state index contributed by atoms with van der Waals surface area (Å²) in [5.74, 6) is -4.17. The fourth-order valence-electron chi connectivity index (χ4n) is 2.05. The minimum Gasteiger partial charge on any atom is -0.481 e. The van der Waals surface area contributed by atoms with Crippen molar-refractivity contribution in [3.05, 3.63) is 0 Å². The Kier molecular flexibility index (Phi) is 13.1. The van der Waals surface area contributed by atoms with Crippen molar-refractivity contribution < 1.29 is 34.2 Å². The van der Waals surface area contributed by atoms with E-state index in [9.17, 15) is 24.0 Å². The average molecular weight is 453 g/mol. The molecule has 0 aliphatic rings. The molecular weight excluding hydrogens is 424 g/mol. The van der Waals surface area contributed by atoms with Crippen LogP contribution in [0.5, 0.6) is 0 Å². The van der Waals surface area contributed by atoms with E-state index in [-0.39, 0.29) is 12.2 Å². The Labute approximate surface area is 178 Å². The zero-order valence-electron chi connectivity index (χ0n) is 16.2. The summed E-state index contributed by atoms with van der Waals surface area (Å²) < 4.78 is 0. The molecule has 0 rings (SSSR count). The molecule has 0 aliphatic carbocycles. The van der Waals surface area contributed by atoms with Crippen LogP contribution in [0, 0.1) is 0 Å². The SMILES string of the molecule is CSCCC(N)C(=O)NC(C)C(=O)NC(CCC(=O)O)C(=O)NC(CS)C(=O)O. The maximum Gasteiger partial charge on any atom is 0.327 e. The summed E-state index contributed by atoms with van der Waals surface area (Å²) in [5, 5.41) is 24.8. The number of rotatable bonds is 14. The highest BCUT2D eigenvalue weighted by atomic mass is 32.2. The fourth-order valence-corrected chi connectivity index (χ4v) is 2.79. The maximum absolute atomic E-state index is 12.3. The van der Waals surface area contributed by atoms with Crippen LogP contribution < -0.4 is 21.7 Å². The van der Waals surface area contributed by atoms with E-state index in [1.54, 1.807) is 0 Å². The first-order valence-electron chi connectivity index (χ1n) is 8.74. The summed E-state index contributed by atoms with van der Waals surface area (Å²) in [6.07, 6.45) is 1.59. The van der Waals surface area contributed by atoms with E-state index in [0.29, 0.717) is 12.2 Å².